The second-order valence-corrected chi connectivity index (χ2v) is 6.37. The third-order valence-corrected chi connectivity index (χ3v) is 4.26. The number of anilines is 1. The lowest BCUT2D eigenvalue weighted by Crippen LogP contribution is -2.28. The lowest BCUT2D eigenvalue weighted by molar-refractivity contribution is 0.251. The fourth-order valence-electron chi connectivity index (χ4n) is 1.67. The second kappa shape index (κ2) is 6.58. The van der Waals surface area contributed by atoms with Crippen molar-refractivity contribution in [2.45, 2.75) is 18.4 Å². The SMILES string of the molecule is CNS(=O)(=O)c1ccc(CNC(=O)Nc2cc(C)on2)cc1. The van der Waals surface area contributed by atoms with Gasteiger partial charge in [-0.2, -0.15) is 0 Å². The van der Waals surface area contributed by atoms with Gasteiger partial charge in [-0.15, -0.1) is 0 Å². The van der Waals surface area contributed by atoms with Gasteiger partial charge in [-0.05, 0) is 31.7 Å². The molecule has 0 bridgehead atoms. The Morgan fingerprint density at radius 1 is 1.27 bits per heavy atom. The van der Waals surface area contributed by atoms with E-state index in [0.717, 1.165) is 5.56 Å². The molecule has 1 heterocycles. The van der Waals surface area contributed by atoms with Gasteiger partial charge in [-0.3, -0.25) is 5.32 Å². The first kappa shape index (κ1) is 16.0. The topological polar surface area (TPSA) is 113 Å². The van der Waals surface area contributed by atoms with E-state index in [1.54, 1.807) is 25.1 Å². The number of benzene rings is 1. The van der Waals surface area contributed by atoms with Crippen LogP contribution in [0, 0.1) is 6.92 Å². The number of urea groups is 1. The number of hydrogen-bond donors (Lipinski definition) is 3. The molecule has 0 unspecified atom stereocenters. The fourth-order valence-corrected chi connectivity index (χ4v) is 2.40. The fraction of sp³-hybridized carbons (Fsp3) is 0.231. The minimum atomic E-state index is -3.45. The maximum absolute atomic E-state index is 11.7. The van der Waals surface area contributed by atoms with Gasteiger partial charge in [0.25, 0.3) is 0 Å². The van der Waals surface area contributed by atoms with Crippen LogP contribution in [0.25, 0.3) is 0 Å². The first-order valence-corrected chi connectivity index (χ1v) is 7.89. The zero-order valence-corrected chi connectivity index (χ0v) is 12.9. The van der Waals surface area contributed by atoms with E-state index in [0.29, 0.717) is 11.6 Å². The molecule has 0 aliphatic heterocycles. The number of amides is 2. The van der Waals surface area contributed by atoms with Crippen molar-refractivity contribution in [3.63, 3.8) is 0 Å². The molecule has 22 heavy (non-hydrogen) atoms. The maximum atomic E-state index is 11.7. The second-order valence-electron chi connectivity index (χ2n) is 4.48. The van der Waals surface area contributed by atoms with Crippen LogP contribution in [-0.2, 0) is 16.6 Å². The summed E-state index contributed by atoms with van der Waals surface area (Å²) in [6.45, 7) is 1.97. The van der Waals surface area contributed by atoms with E-state index in [-0.39, 0.29) is 11.4 Å². The number of rotatable bonds is 5. The highest BCUT2D eigenvalue weighted by molar-refractivity contribution is 7.89. The molecule has 0 spiro atoms. The van der Waals surface area contributed by atoms with E-state index >= 15 is 0 Å². The maximum Gasteiger partial charge on any atom is 0.320 e. The van der Waals surface area contributed by atoms with Gasteiger partial charge in [0.15, 0.2) is 5.82 Å². The molecule has 0 saturated carbocycles. The summed E-state index contributed by atoms with van der Waals surface area (Å²) in [6, 6.07) is 7.37. The molecule has 0 aliphatic carbocycles. The van der Waals surface area contributed by atoms with Crippen LogP contribution in [0.5, 0.6) is 0 Å². The van der Waals surface area contributed by atoms with Crippen LogP contribution in [0.4, 0.5) is 10.6 Å². The summed E-state index contributed by atoms with van der Waals surface area (Å²) in [7, 11) is -2.11. The van der Waals surface area contributed by atoms with Crippen LogP contribution in [0.3, 0.4) is 0 Å². The molecular weight excluding hydrogens is 308 g/mol. The van der Waals surface area contributed by atoms with Crippen LogP contribution in [0.15, 0.2) is 39.8 Å². The standard InChI is InChI=1S/C13H16N4O4S/c1-9-7-12(17-21-9)16-13(18)15-8-10-3-5-11(6-4-10)22(19,20)14-2/h3-7,14H,8H2,1-2H3,(H2,15,16,17,18). The van der Waals surface area contributed by atoms with Crippen molar-refractivity contribution in [3.05, 3.63) is 41.7 Å². The number of aryl methyl sites for hydroxylation is 1. The molecule has 1 aromatic carbocycles. The Hall–Kier alpha value is -2.39. The quantitative estimate of drug-likeness (QED) is 0.765. The van der Waals surface area contributed by atoms with Gasteiger partial charge in [0.1, 0.15) is 5.76 Å². The summed E-state index contributed by atoms with van der Waals surface area (Å²) in [4.78, 5) is 11.8. The molecule has 2 rings (SSSR count). The number of aromatic nitrogens is 1. The molecule has 9 heteroatoms. The van der Waals surface area contributed by atoms with E-state index in [2.05, 4.69) is 20.5 Å². The lowest BCUT2D eigenvalue weighted by atomic mass is 10.2. The number of carbonyl (C=O) groups excluding carboxylic acids is 1. The number of sulfonamides is 1. The minimum Gasteiger partial charge on any atom is -0.360 e. The largest absolute Gasteiger partial charge is 0.360 e. The van der Waals surface area contributed by atoms with E-state index in [9.17, 15) is 13.2 Å². The Balaban J connectivity index is 1.90. The number of hydrogen-bond acceptors (Lipinski definition) is 5. The van der Waals surface area contributed by atoms with Crippen molar-refractivity contribution < 1.29 is 17.7 Å². The molecular formula is C13H16N4O4S. The number of nitrogens with zero attached hydrogens (tertiary/aromatic N) is 1. The Bertz CT molecular complexity index is 753. The molecule has 0 atom stereocenters. The van der Waals surface area contributed by atoms with E-state index in [1.165, 1.54) is 19.2 Å². The molecule has 3 N–H and O–H groups in total. The van der Waals surface area contributed by atoms with E-state index in [4.69, 9.17) is 4.52 Å². The van der Waals surface area contributed by atoms with Gasteiger partial charge in [-0.1, -0.05) is 17.3 Å². The van der Waals surface area contributed by atoms with Gasteiger partial charge in [0, 0.05) is 12.6 Å². The Labute approximate surface area is 127 Å². The van der Waals surface area contributed by atoms with Crippen LogP contribution >= 0.6 is 0 Å². The average molecular weight is 324 g/mol. The lowest BCUT2D eigenvalue weighted by Gasteiger charge is -2.07. The van der Waals surface area contributed by atoms with Crippen molar-refractivity contribution in [1.82, 2.24) is 15.2 Å². The normalized spacial score (nSPS) is 11.2. The van der Waals surface area contributed by atoms with Gasteiger partial charge in [0.2, 0.25) is 10.0 Å². The van der Waals surface area contributed by atoms with E-state index < -0.39 is 16.1 Å². The predicted octanol–water partition coefficient (Wildman–Crippen LogP) is 1.21. The van der Waals surface area contributed by atoms with Crippen LogP contribution < -0.4 is 15.4 Å². The van der Waals surface area contributed by atoms with Crippen molar-refractivity contribution >= 4 is 21.9 Å². The summed E-state index contributed by atoms with van der Waals surface area (Å²) in [5.74, 6) is 0.919. The first-order chi connectivity index (χ1) is 10.4. The molecule has 0 aliphatic rings. The van der Waals surface area contributed by atoms with Crippen LogP contribution in [0.2, 0.25) is 0 Å². The number of nitrogens with one attached hydrogen (secondary N) is 3. The van der Waals surface area contributed by atoms with Crippen molar-refractivity contribution in [3.8, 4) is 0 Å². The van der Waals surface area contributed by atoms with Gasteiger partial charge in [0.05, 0.1) is 4.90 Å². The predicted molar refractivity (Wildman–Crippen MR) is 79.8 cm³/mol. The highest BCUT2D eigenvalue weighted by Crippen LogP contribution is 2.10. The zero-order valence-electron chi connectivity index (χ0n) is 12.1. The molecule has 8 nitrogen and oxygen atoms in total. The smallest absolute Gasteiger partial charge is 0.320 e. The molecule has 0 radical (unpaired) electrons. The Kier molecular flexibility index (Phi) is 4.78. The summed E-state index contributed by atoms with van der Waals surface area (Å²) in [5, 5.41) is 8.79. The first-order valence-electron chi connectivity index (χ1n) is 6.41. The molecule has 2 aromatic rings. The molecule has 118 valence electrons. The van der Waals surface area contributed by atoms with Crippen molar-refractivity contribution in [2.75, 3.05) is 12.4 Å². The van der Waals surface area contributed by atoms with Crippen LogP contribution in [0.1, 0.15) is 11.3 Å². The van der Waals surface area contributed by atoms with Gasteiger partial charge < -0.3 is 9.84 Å². The average Bonchev–Trinajstić information content (AvgIpc) is 2.90. The molecule has 2 amide bonds. The minimum absolute atomic E-state index is 0.168. The summed E-state index contributed by atoms with van der Waals surface area (Å²) in [5.41, 5.74) is 0.765. The van der Waals surface area contributed by atoms with Crippen molar-refractivity contribution in [1.29, 1.82) is 0 Å². The van der Waals surface area contributed by atoms with Crippen molar-refractivity contribution in [2.24, 2.45) is 0 Å². The monoisotopic (exact) mass is 324 g/mol. The third kappa shape index (κ3) is 4.06. The Morgan fingerprint density at radius 2 is 1.95 bits per heavy atom. The highest BCUT2D eigenvalue weighted by Gasteiger charge is 2.10. The molecule has 0 fully saturated rings. The summed E-state index contributed by atoms with van der Waals surface area (Å²) in [6.07, 6.45) is 0. The summed E-state index contributed by atoms with van der Waals surface area (Å²) >= 11 is 0. The number of carbonyl (C=O) groups is 1. The zero-order chi connectivity index (χ0) is 16.2. The third-order valence-electron chi connectivity index (χ3n) is 2.83. The highest BCUT2D eigenvalue weighted by atomic mass is 32.2. The van der Waals surface area contributed by atoms with Gasteiger partial charge >= 0.3 is 6.03 Å². The molecule has 1 aromatic heterocycles. The molecule has 0 saturated heterocycles. The summed E-state index contributed by atoms with van der Waals surface area (Å²) < 4.78 is 30.2. The van der Waals surface area contributed by atoms with E-state index in [1.807, 2.05) is 0 Å². The Morgan fingerprint density at radius 3 is 2.50 bits per heavy atom. The van der Waals surface area contributed by atoms with Crippen LogP contribution in [-0.4, -0.2) is 26.7 Å². The van der Waals surface area contributed by atoms with Gasteiger partial charge in [-0.25, -0.2) is 17.9 Å².